The second-order valence-electron chi connectivity index (χ2n) is 4.89. The number of aliphatic hydroxyl groups excluding tert-OH is 1. The van der Waals surface area contributed by atoms with Gasteiger partial charge in [0.15, 0.2) is 0 Å². The Bertz CT molecular complexity index is 367. The van der Waals surface area contributed by atoms with Crippen LogP contribution in [0.2, 0.25) is 0 Å². The van der Waals surface area contributed by atoms with Gasteiger partial charge in [-0.05, 0) is 30.0 Å². The van der Waals surface area contributed by atoms with Gasteiger partial charge in [0.2, 0.25) is 0 Å². The van der Waals surface area contributed by atoms with Crippen LogP contribution in [-0.4, -0.2) is 5.11 Å². The monoisotopic (exact) mass is 214 g/mol. The van der Waals surface area contributed by atoms with Crippen LogP contribution in [-0.2, 0) is 0 Å². The molecule has 15 heavy (non-hydrogen) atoms. The van der Waals surface area contributed by atoms with Gasteiger partial charge in [0.25, 0.3) is 0 Å². The number of rotatable bonds is 1. The van der Waals surface area contributed by atoms with E-state index in [-0.39, 0.29) is 11.1 Å². The number of aliphatic hydroxyl groups is 1. The molecule has 0 amide bonds. The lowest BCUT2D eigenvalue weighted by Gasteiger charge is -2.26. The van der Waals surface area contributed by atoms with Crippen molar-refractivity contribution < 1.29 is 13.9 Å². The highest BCUT2D eigenvalue weighted by Gasteiger charge is 2.27. The summed E-state index contributed by atoms with van der Waals surface area (Å²) in [6.45, 7) is 6.81. The molecule has 0 aliphatic rings. The lowest BCUT2D eigenvalue weighted by molar-refractivity contribution is 0.0591. The Balaban J connectivity index is 3.21. The SMILES string of the molecule is Cc1cc(F)c(C(O)C(C)(C)C)cc1F. The van der Waals surface area contributed by atoms with Crippen LogP contribution in [0.4, 0.5) is 8.78 Å². The summed E-state index contributed by atoms with van der Waals surface area (Å²) in [5.41, 5.74) is -0.245. The molecule has 1 aromatic rings. The van der Waals surface area contributed by atoms with Crippen LogP contribution < -0.4 is 0 Å². The first-order chi connectivity index (χ1) is 6.73. The summed E-state index contributed by atoms with van der Waals surface area (Å²) in [6.07, 6.45) is -1.01. The van der Waals surface area contributed by atoms with Gasteiger partial charge in [0.1, 0.15) is 11.6 Å². The molecule has 1 aromatic carbocycles. The molecule has 1 nitrogen and oxygen atoms in total. The van der Waals surface area contributed by atoms with E-state index in [2.05, 4.69) is 0 Å². The standard InChI is InChI=1S/C12H16F2O/c1-7-5-10(14)8(6-9(7)13)11(15)12(2,3)4/h5-6,11,15H,1-4H3. The van der Waals surface area contributed by atoms with E-state index >= 15 is 0 Å². The molecular weight excluding hydrogens is 198 g/mol. The van der Waals surface area contributed by atoms with Gasteiger partial charge in [-0.2, -0.15) is 0 Å². The number of aryl methyl sites for hydroxylation is 1. The van der Waals surface area contributed by atoms with Crippen LogP contribution in [0, 0.1) is 24.0 Å². The van der Waals surface area contributed by atoms with E-state index in [0.717, 1.165) is 12.1 Å². The molecule has 0 aromatic heterocycles. The fraction of sp³-hybridized carbons (Fsp3) is 0.500. The molecule has 0 bridgehead atoms. The van der Waals surface area contributed by atoms with Crippen LogP contribution >= 0.6 is 0 Å². The van der Waals surface area contributed by atoms with Crippen molar-refractivity contribution in [1.82, 2.24) is 0 Å². The Morgan fingerprint density at radius 1 is 1.13 bits per heavy atom. The summed E-state index contributed by atoms with van der Waals surface area (Å²) >= 11 is 0. The molecule has 0 saturated heterocycles. The molecule has 0 spiro atoms. The number of halogens is 2. The summed E-state index contributed by atoms with van der Waals surface area (Å²) in [5.74, 6) is -1.05. The largest absolute Gasteiger partial charge is 0.388 e. The van der Waals surface area contributed by atoms with Gasteiger partial charge in [-0.1, -0.05) is 20.8 Å². The molecule has 1 unspecified atom stereocenters. The van der Waals surface area contributed by atoms with Crippen LogP contribution in [0.5, 0.6) is 0 Å². The maximum atomic E-state index is 13.5. The lowest BCUT2D eigenvalue weighted by Crippen LogP contribution is -2.19. The summed E-state index contributed by atoms with van der Waals surface area (Å²) in [5, 5.41) is 9.85. The van der Waals surface area contributed by atoms with Crippen LogP contribution in [0.3, 0.4) is 0 Å². The lowest BCUT2D eigenvalue weighted by atomic mass is 9.84. The van der Waals surface area contributed by atoms with Crippen molar-refractivity contribution in [3.63, 3.8) is 0 Å². The maximum Gasteiger partial charge on any atom is 0.129 e. The molecule has 0 aliphatic heterocycles. The van der Waals surface area contributed by atoms with Gasteiger partial charge in [0.05, 0.1) is 6.10 Å². The number of hydrogen-bond acceptors (Lipinski definition) is 1. The zero-order valence-electron chi connectivity index (χ0n) is 9.44. The summed E-state index contributed by atoms with van der Waals surface area (Å²) in [6, 6.07) is 2.18. The molecule has 3 heteroatoms. The number of hydrogen-bond donors (Lipinski definition) is 1. The predicted molar refractivity (Wildman–Crippen MR) is 55.5 cm³/mol. The van der Waals surface area contributed by atoms with Gasteiger partial charge in [-0.15, -0.1) is 0 Å². The van der Waals surface area contributed by atoms with E-state index in [1.165, 1.54) is 6.92 Å². The van der Waals surface area contributed by atoms with Crippen molar-refractivity contribution >= 4 is 0 Å². The molecule has 1 atom stereocenters. The van der Waals surface area contributed by atoms with Crippen molar-refractivity contribution in [2.45, 2.75) is 33.8 Å². The highest BCUT2D eigenvalue weighted by Crippen LogP contribution is 2.34. The summed E-state index contributed by atoms with van der Waals surface area (Å²) in [4.78, 5) is 0. The fourth-order valence-corrected chi connectivity index (χ4v) is 1.34. The van der Waals surface area contributed by atoms with E-state index in [1.807, 2.05) is 0 Å². The molecule has 1 N–H and O–H groups in total. The van der Waals surface area contributed by atoms with Gasteiger partial charge in [0, 0.05) is 5.56 Å². The topological polar surface area (TPSA) is 20.2 Å². The Labute approximate surface area is 88.7 Å². The molecule has 0 aliphatic carbocycles. The second-order valence-corrected chi connectivity index (χ2v) is 4.89. The van der Waals surface area contributed by atoms with E-state index in [4.69, 9.17) is 0 Å². The molecule has 0 saturated carbocycles. The second kappa shape index (κ2) is 3.89. The summed E-state index contributed by atoms with van der Waals surface area (Å²) in [7, 11) is 0. The quantitative estimate of drug-likeness (QED) is 0.760. The first-order valence-electron chi connectivity index (χ1n) is 4.87. The third kappa shape index (κ3) is 2.53. The molecular formula is C12H16F2O. The van der Waals surface area contributed by atoms with E-state index < -0.39 is 23.2 Å². The fourth-order valence-electron chi connectivity index (χ4n) is 1.34. The Kier molecular flexibility index (Phi) is 3.14. The van der Waals surface area contributed by atoms with Crippen molar-refractivity contribution in [2.75, 3.05) is 0 Å². The third-order valence-electron chi connectivity index (χ3n) is 2.39. The predicted octanol–water partition coefficient (Wildman–Crippen LogP) is 3.35. The van der Waals surface area contributed by atoms with E-state index in [0.29, 0.717) is 0 Å². The van der Waals surface area contributed by atoms with Gasteiger partial charge in [-0.3, -0.25) is 0 Å². The first kappa shape index (κ1) is 12.1. The highest BCUT2D eigenvalue weighted by molar-refractivity contribution is 5.27. The van der Waals surface area contributed by atoms with Crippen molar-refractivity contribution in [2.24, 2.45) is 5.41 Å². The minimum Gasteiger partial charge on any atom is -0.388 e. The molecule has 84 valence electrons. The summed E-state index contributed by atoms with van der Waals surface area (Å²) < 4.78 is 26.7. The zero-order chi connectivity index (χ0) is 11.8. The van der Waals surface area contributed by atoms with Crippen molar-refractivity contribution in [1.29, 1.82) is 0 Å². The van der Waals surface area contributed by atoms with Crippen molar-refractivity contribution in [3.05, 3.63) is 34.9 Å². The number of benzene rings is 1. The molecule has 0 radical (unpaired) electrons. The van der Waals surface area contributed by atoms with Crippen molar-refractivity contribution in [3.8, 4) is 0 Å². The zero-order valence-corrected chi connectivity index (χ0v) is 9.44. The first-order valence-corrected chi connectivity index (χ1v) is 4.87. The molecule has 0 fully saturated rings. The van der Waals surface area contributed by atoms with Crippen LogP contribution in [0.15, 0.2) is 12.1 Å². The van der Waals surface area contributed by atoms with Crippen LogP contribution in [0.1, 0.15) is 38.0 Å². The Hall–Kier alpha value is -0.960. The Morgan fingerprint density at radius 2 is 1.67 bits per heavy atom. The minimum absolute atomic E-state index is 0.0191. The average Bonchev–Trinajstić information content (AvgIpc) is 2.08. The van der Waals surface area contributed by atoms with Gasteiger partial charge in [-0.25, -0.2) is 8.78 Å². The van der Waals surface area contributed by atoms with Gasteiger partial charge < -0.3 is 5.11 Å². The smallest absolute Gasteiger partial charge is 0.129 e. The molecule has 0 heterocycles. The Morgan fingerprint density at radius 3 is 2.13 bits per heavy atom. The average molecular weight is 214 g/mol. The van der Waals surface area contributed by atoms with E-state index in [9.17, 15) is 13.9 Å². The van der Waals surface area contributed by atoms with E-state index in [1.54, 1.807) is 20.8 Å². The van der Waals surface area contributed by atoms with Crippen LogP contribution in [0.25, 0.3) is 0 Å². The highest BCUT2D eigenvalue weighted by atomic mass is 19.1. The normalized spacial score (nSPS) is 14.1. The minimum atomic E-state index is -1.01. The third-order valence-corrected chi connectivity index (χ3v) is 2.39. The van der Waals surface area contributed by atoms with Gasteiger partial charge >= 0.3 is 0 Å². The molecule has 1 rings (SSSR count). The maximum absolute atomic E-state index is 13.5.